The monoisotopic (exact) mass is 283 g/mol. The number of halogens is 1. The Bertz CT molecular complexity index is 632. The summed E-state index contributed by atoms with van der Waals surface area (Å²) in [7, 11) is 3.99. The molecule has 4 heteroatoms. The first-order valence-electron chi connectivity index (χ1n) is 6.76. The highest BCUT2D eigenvalue weighted by atomic mass is 19.1. The van der Waals surface area contributed by atoms with Gasteiger partial charge in [0.2, 0.25) is 0 Å². The van der Waals surface area contributed by atoms with Gasteiger partial charge in [0.05, 0.1) is 23.4 Å². The zero-order valence-corrected chi connectivity index (χ0v) is 12.2. The highest BCUT2D eigenvalue weighted by molar-refractivity contribution is 5.49. The number of benzene rings is 2. The van der Waals surface area contributed by atoms with Gasteiger partial charge in [0.25, 0.3) is 0 Å². The molecule has 21 heavy (non-hydrogen) atoms. The van der Waals surface area contributed by atoms with Crippen molar-refractivity contribution in [1.29, 1.82) is 5.26 Å². The van der Waals surface area contributed by atoms with Gasteiger partial charge in [-0.05, 0) is 37.9 Å². The van der Waals surface area contributed by atoms with E-state index in [9.17, 15) is 4.39 Å². The lowest BCUT2D eigenvalue weighted by molar-refractivity contribution is 0.311. The average molecular weight is 283 g/mol. The van der Waals surface area contributed by atoms with Gasteiger partial charge in [-0.15, -0.1) is 0 Å². The summed E-state index contributed by atoms with van der Waals surface area (Å²) in [6, 6.07) is 16.6. The zero-order chi connectivity index (χ0) is 15.2. The Morgan fingerprint density at radius 2 is 1.90 bits per heavy atom. The Kier molecular flexibility index (Phi) is 4.91. The van der Waals surface area contributed by atoms with Gasteiger partial charge in [-0.2, -0.15) is 5.26 Å². The second-order valence-corrected chi connectivity index (χ2v) is 5.08. The quantitative estimate of drug-likeness (QED) is 0.914. The van der Waals surface area contributed by atoms with E-state index in [-0.39, 0.29) is 6.04 Å². The van der Waals surface area contributed by atoms with E-state index in [1.807, 2.05) is 38.4 Å². The van der Waals surface area contributed by atoms with Gasteiger partial charge in [0.15, 0.2) is 0 Å². The van der Waals surface area contributed by atoms with Gasteiger partial charge >= 0.3 is 0 Å². The van der Waals surface area contributed by atoms with Crippen LogP contribution in [-0.2, 0) is 0 Å². The van der Waals surface area contributed by atoms with Crippen LogP contribution in [0.5, 0.6) is 0 Å². The normalized spacial score (nSPS) is 12.0. The van der Waals surface area contributed by atoms with Crippen molar-refractivity contribution in [3.63, 3.8) is 0 Å². The second kappa shape index (κ2) is 6.87. The summed E-state index contributed by atoms with van der Waals surface area (Å²) in [5, 5.41) is 11.9. The molecule has 0 aliphatic rings. The Morgan fingerprint density at radius 1 is 1.19 bits per heavy atom. The second-order valence-electron chi connectivity index (χ2n) is 5.08. The molecule has 0 amide bonds. The zero-order valence-electron chi connectivity index (χ0n) is 12.2. The number of hydrogen-bond acceptors (Lipinski definition) is 3. The molecule has 0 spiro atoms. The molecule has 0 aliphatic heterocycles. The van der Waals surface area contributed by atoms with Crippen molar-refractivity contribution in [2.24, 2.45) is 0 Å². The third-order valence-electron chi connectivity index (χ3n) is 3.39. The third-order valence-corrected chi connectivity index (χ3v) is 3.39. The lowest BCUT2D eigenvalue weighted by Gasteiger charge is -2.25. The van der Waals surface area contributed by atoms with E-state index in [1.165, 1.54) is 11.6 Å². The maximum atomic E-state index is 13.9. The van der Waals surface area contributed by atoms with Gasteiger partial charge in [-0.1, -0.05) is 30.3 Å². The molecule has 0 aromatic heterocycles. The fraction of sp³-hybridized carbons (Fsp3) is 0.235. The number of nitriles is 1. The molecule has 1 atom stereocenters. The van der Waals surface area contributed by atoms with Gasteiger partial charge in [-0.25, -0.2) is 4.39 Å². The molecule has 0 saturated carbocycles. The van der Waals surface area contributed by atoms with Crippen molar-refractivity contribution < 1.29 is 4.39 Å². The summed E-state index contributed by atoms with van der Waals surface area (Å²) in [6.45, 7) is 0.583. The summed E-state index contributed by atoms with van der Waals surface area (Å²) in [4.78, 5) is 2.09. The average Bonchev–Trinajstić information content (AvgIpc) is 2.49. The number of nitrogens with one attached hydrogen (secondary N) is 1. The van der Waals surface area contributed by atoms with Crippen molar-refractivity contribution in [1.82, 2.24) is 4.90 Å². The maximum absolute atomic E-state index is 13.9. The van der Waals surface area contributed by atoms with Crippen molar-refractivity contribution in [3.8, 4) is 6.07 Å². The Labute approximate surface area is 124 Å². The minimum Gasteiger partial charge on any atom is -0.381 e. The summed E-state index contributed by atoms with van der Waals surface area (Å²) < 4.78 is 13.9. The number of anilines is 1. The number of likely N-dealkylation sites (N-methyl/N-ethyl adjacent to an activating group) is 1. The molecule has 108 valence electrons. The molecular weight excluding hydrogens is 265 g/mol. The topological polar surface area (TPSA) is 39.1 Å². The van der Waals surface area contributed by atoms with E-state index in [2.05, 4.69) is 22.3 Å². The van der Waals surface area contributed by atoms with E-state index in [4.69, 9.17) is 5.26 Å². The Morgan fingerprint density at radius 3 is 2.48 bits per heavy atom. The van der Waals surface area contributed by atoms with Crippen molar-refractivity contribution in [2.45, 2.75) is 6.04 Å². The first-order valence-corrected chi connectivity index (χ1v) is 6.76. The minimum absolute atomic E-state index is 0.140. The summed E-state index contributed by atoms with van der Waals surface area (Å²) in [6.07, 6.45) is 0. The van der Waals surface area contributed by atoms with E-state index >= 15 is 0 Å². The predicted molar refractivity (Wildman–Crippen MR) is 82.5 cm³/mol. The van der Waals surface area contributed by atoms with Crippen LogP contribution >= 0.6 is 0 Å². The summed E-state index contributed by atoms with van der Waals surface area (Å²) >= 11 is 0. The van der Waals surface area contributed by atoms with Gasteiger partial charge < -0.3 is 10.2 Å². The fourth-order valence-corrected chi connectivity index (χ4v) is 2.21. The smallest absolute Gasteiger partial charge is 0.147 e. The molecule has 3 nitrogen and oxygen atoms in total. The largest absolute Gasteiger partial charge is 0.381 e. The first-order chi connectivity index (χ1) is 10.1. The molecule has 0 bridgehead atoms. The van der Waals surface area contributed by atoms with Crippen LogP contribution in [0.3, 0.4) is 0 Å². The van der Waals surface area contributed by atoms with Crippen molar-refractivity contribution >= 4 is 5.69 Å². The highest BCUT2D eigenvalue weighted by Gasteiger charge is 2.14. The molecule has 0 saturated heterocycles. The molecule has 2 rings (SSSR count). The van der Waals surface area contributed by atoms with Crippen LogP contribution in [0, 0.1) is 17.1 Å². The summed E-state index contributed by atoms with van der Waals surface area (Å²) in [5.74, 6) is -0.403. The van der Waals surface area contributed by atoms with Crippen LogP contribution in [0.25, 0.3) is 0 Å². The SMILES string of the molecule is CN(C)C(CNc1ccc(C#N)cc1F)c1ccccc1. The Balaban J connectivity index is 2.11. The van der Waals surface area contributed by atoms with Gasteiger partial charge in [-0.3, -0.25) is 0 Å². The van der Waals surface area contributed by atoms with Crippen LogP contribution in [0.4, 0.5) is 10.1 Å². The van der Waals surface area contributed by atoms with Crippen LogP contribution in [-0.4, -0.2) is 25.5 Å². The molecule has 0 radical (unpaired) electrons. The molecule has 0 heterocycles. The fourth-order valence-electron chi connectivity index (χ4n) is 2.21. The van der Waals surface area contributed by atoms with Crippen LogP contribution in [0.2, 0.25) is 0 Å². The number of nitrogens with zero attached hydrogens (tertiary/aromatic N) is 2. The molecule has 1 unspecified atom stereocenters. The van der Waals surface area contributed by atoms with Crippen LogP contribution in [0.1, 0.15) is 17.2 Å². The van der Waals surface area contributed by atoms with Crippen molar-refractivity contribution in [3.05, 3.63) is 65.5 Å². The first kappa shape index (κ1) is 15.0. The van der Waals surface area contributed by atoms with E-state index in [0.717, 1.165) is 0 Å². The van der Waals surface area contributed by atoms with Crippen LogP contribution in [0.15, 0.2) is 48.5 Å². The van der Waals surface area contributed by atoms with Crippen molar-refractivity contribution in [2.75, 3.05) is 26.0 Å². The third kappa shape index (κ3) is 3.80. The lowest BCUT2D eigenvalue weighted by atomic mass is 10.1. The molecule has 0 fully saturated rings. The van der Waals surface area contributed by atoms with Gasteiger partial charge in [0.1, 0.15) is 5.82 Å². The number of rotatable bonds is 5. The van der Waals surface area contributed by atoms with E-state index in [1.54, 1.807) is 12.1 Å². The van der Waals surface area contributed by atoms with E-state index in [0.29, 0.717) is 17.8 Å². The summed E-state index contributed by atoms with van der Waals surface area (Å²) in [5.41, 5.74) is 1.91. The Hall–Kier alpha value is -2.38. The van der Waals surface area contributed by atoms with E-state index < -0.39 is 5.82 Å². The maximum Gasteiger partial charge on any atom is 0.147 e. The molecular formula is C17H18FN3. The molecule has 1 N–H and O–H groups in total. The minimum atomic E-state index is -0.403. The standard InChI is InChI=1S/C17H18FN3/c1-21(2)17(14-6-4-3-5-7-14)12-20-16-9-8-13(11-19)10-15(16)18/h3-10,17,20H,12H2,1-2H3. The van der Waals surface area contributed by atoms with Crippen LogP contribution < -0.4 is 5.32 Å². The predicted octanol–water partition coefficient (Wildman–Crippen LogP) is 3.41. The molecule has 2 aromatic rings. The lowest BCUT2D eigenvalue weighted by Crippen LogP contribution is -2.27. The van der Waals surface area contributed by atoms with Gasteiger partial charge in [0, 0.05) is 6.54 Å². The molecule has 2 aromatic carbocycles. The molecule has 0 aliphatic carbocycles. The number of hydrogen-bond donors (Lipinski definition) is 1. The highest BCUT2D eigenvalue weighted by Crippen LogP contribution is 2.21.